The van der Waals surface area contributed by atoms with Crippen LogP contribution in [0.15, 0.2) is 73.6 Å². The highest BCUT2D eigenvalue weighted by atomic mass is 35.5. The molecule has 2 aromatic carbocycles. The Hall–Kier alpha value is -4.85. The van der Waals surface area contributed by atoms with Crippen molar-refractivity contribution in [2.45, 2.75) is 18.9 Å². The van der Waals surface area contributed by atoms with Crippen LogP contribution in [0.4, 0.5) is 32.0 Å². The number of pyridine rings is 1. The lowest BCUT2D eigenvalue weighted by atomic mass is 9.95. The smallest absolute Gasteiger partial charge is 0.397 e. The number of hydrogen-bond donors (Lipinski definition) is 1. The molecule has 0 fully saturated rings. The second-order valence-corrected chi connectivity index (χ2v) is 9.35. The molecule has 15 heteroatoms. The Bertz CT molecular complexity index is 1760. The molecule has 5 aromatic rings. The zero-order valence-corrected chi connectivity index (χ0v) is 21.7. The number of nitrogen functional groups attached to an aromatic ring is 1. The SMILES string of the molecule is Nc1cncc(-c2nnn(Cc3cc(C(F)(F)F)cc(C(F)(F)F)c3)c2-c2cncnc2)c1C(=O)c1ccccc1Cl. The molecule has 0 radical (unpaired) electrons. The first-order valence-electron chi connectivity index (χ1n) is 11.8. The van der Waals surface area contributed by atoms with E-state index in [9.17, 15) is 31.1 Å². The molecule has 0 amide bonds. The summed E-state index contributed by atoms with van der Waals surface area (Å²) in [4.78, 5) is 25.6. The van der Waals surface area contributed by atoms with Gasteiger partial charge in [-0.05, 0) is 35.9 Å². The maximum absolute atomic E-state index is 13.6. The van der Waals surface area contributed by atoms with Crippen LogP contribution in [0.1, 0.15) is 32.6 Å². The van der Waals surface area contributed by atoms with Gasteiger partial charge in [0.1, 0.15) is 17.7 Å². The van der Waals surface area contributed by atoms with Crippen molar-refractivity contribution in [1.82, 2.24) is 29.9 Å². The normalized spacial score (nSPS) is 12.0. The van der Waals surface area contributed by atoms with E-state index in [4.69, 9.17) is 17.3 Å². The lowest BCUT2D eigenvalue weighted by Gasteiger charge is -2.15. The largest absolute Gasteiger partial charge is 0.416 e. The van der Waals surface area contributed by atoms with Crippen molar-refractivity contribution in [3.05, 3.63) is 106 Å². The van der Waals surface area contributed by atoms with Gasteiger partial charge in [-0.2, -0.15) is 26.3 Å². The van der Waals surface area contributed by atoms with Gasteiger partial charge < -0.3 is 5.73 Å². The molecular weight excluding hydrogens is 588 g/mol. The first kappa shape index (κ1) is 28.7. The summed E-state index contributed by atoms with van der Waals surface area (Å²) in [6.45, 7) is -0.562. The van der Waals surface area contributed by atoms with Crippen molar-refractivity contribution in [3.63, 3.8) is 0 Å². The number of nitrogens with two attached hydrogens (primary N) is 1. The monoisotopic (exact) mass is 603 g/mol. The summed E-state index contributed by atoms with van der Waals surface area (Å²) in [7, 11) is 0. The molecule has 0 aliphatic carbocycles. The highest BCUT2D eigenvalue weighted by molar-refractivity contribution is 6.35. The summed E-state index contributed by atoms with van der Waals surface area (Å²) in [5.74, 6) is -0.576. The van der Waals surface area contributed by atoms with Crippen LogP contribution in [0.2, 0.25) is 5.02 Å². The Balaban J connectivity index is 1.70. The van der Waals surface area contributed by atoms with Crippen LogP contribution in [-0.4, -0.2) is 35.7 Å². The van der Waals surface area contributed by atoms with Crippen molar-refractivity contribution in [3.8, 4) is 22.5 Å². The number of benzene rings is 2. The molecule has 0 unspecified atom stereocenters. The summed E-state index contributed by atoms with van der Waals surface area (Å²) in [6.07, 6.45) is -3.66. The van der Waals surface area contributed by atoms with E-state index in [0.717, 1.165) is 4.68 Å². The summed E-state index contributed by atoms with van der Waals surface area (Å²) >= 11 is 6.24. The Morgan fingerprint density at radius 1 is 0.881 bits per heavy atom. The van der Waals surface area contributed by atoms with Gasteiger partial charge in [-0.25, -0.2) is 14.6 Å². The zero-order chi connectivity index (χ0) is 30.2. The van der Waals surface area contributed by atoms with Gasteiger partial charge in [-0.1, -0.05) is 28.9 Å². The van der Waals surface area contributed by atoms with Crippen LogP contribution >= 0.6 is 11.6 Å². The molecule has 0 atom stereocenters. The second-order valence-electron chi connectivity index (χ2n) is 8.95. The Morgan fingerprint density at radius 2 is 1.52 bits per heavy atom. The van der Waals surface area contributed by atoms with E-state index in [0.29, 0.717) is 12.1 Å². The molecule has 3 aromatic heterocycles. The molecule has 42 heavy (non-hydrogen) atoms. The van der Waals surface area contributed by atoms with Crippen LogP contribution in [0.25, 0.3) is 22.5 Å². The predicted octanol–water partition coefficient (Wildman–Crippen LogP) is 6.35. The molecule has 0 saturated carbocycles. The van der Waals surface area contributed by atoms with Crippen molar-refractivity contribution in [2.24, 2.45) is 0 Å². The molecule has 5 rings (SSSR count). The van der Waals surface area contributed by atoms with E-state index in [1.54, 1.807) is 12.1 Å². The van der Waals surface area contributed by atoms with Crippen LogP contribution < -0.4 is 5.73 Å². The fraction of sp³-hybridized carbons (Fsp3) is 0.111. The molecule has 0 bridgehead atoms. The minimum atomic E-state index is -5.04. The quantitative estimate of drug-likeness (QED) is 0.178. The number of anilines is 1. The lowest BCUT2D eigenvalue weighted by Crippen LogP contribution is -2.13. The fourth-order valence-electron chi connectivity index (χ4n) is 4.29. The summed E-state index contributed by atoms with van der Waals surface area (Å²) in [6, 6.07) is 7.46. The minimum absolute atomic E-state index is 0.00280. The highest BCUT2D eigenvalue weighted by Gasteiger charge is 2.37. The topological polar surface area (TPSA) is 112 Å². The second kappa shape index (κ2) is 10.9. The maximum atomic E-state index is 13.6. The van der Waals surface area contributed by atoms with Gasteiger partial charge in [0.25, 0.3) is 0 Å². The van der Waals surface area contributed by atoms with E-state index in [-0.39, 0.29) is 56.0 Å². The number of nitrogens with zero attached hydrogens (tertiary/aromatic N) is 6. The van der Waals surface area contributed by atoms with Crippen LogP contribution in [0.3, 0.4) is 0 Å². The van der Waals surface area contributed by atoms with Gasteiger partial charge in [0.2, 0.25) is 0 Å². The third kappa shape index (κ3) is 5.65. The van der Waals surface area contributed by atoms with Crippen molar-refractivity contribution in [2.75, 3.05) is 5.73 Å². The first-order chi connectivity index (χ1) is 19.8. The number of alkyl halides is 6. The van der Waals surface area contributed by atoms with Crippen molar-refractivity contribution >= 4 is 23.1 Å². The number of aromatic nitrogens is 6. The third-order valence-corrected chi connectivity index (χ3v) is 6.45. The number of hydrogen-bond acceptors (Lipinski definition) is 7. The highest BCUT2D eigenvalue weighted by Crippen LogP contribution is 2.38. The maximum Gasteiger partial charge on any atom is 0.416 e. The molecule has 0 saturated heterocycles. The predicted molar refractivity (Wildman–Crippen MR) is 139 cm³/mol. The van der Waals surface area contributed by atoms with Gasteiger partial charge >= 0.3 is 12.4 Å². The molecule has 3 heterocycles. The number of carbonyl (C=O) groups excluding carboxylic acids is 1. The molecule has 2 N–H and O–H groups in total. The van der Waals surface area contributed by atoms with Crippen LogP contribution in [0, 0.1) is 0 Å². The number of carbonyl (C=O) groups is 1. The van der Waals surface area contributed by atoms with E-state index in [1.807, 2.05) is 0 Å². The summed E-state index contributed by atoms with van der Waals surface area (Å²) in [5.41, 5.74) is 3.32. The molecule has 214 valence electrons. The van der Waals surface area contributed by atoms with Gasteiger partial charge in [0.05, 0.1) is 40.1 Å². The number of ketones is 1. The molecule has 0 spiro atoms. The third-order valence-electron chi connectivity index (χ3n) is 6.12. The van der Waals surface area contributed by atoms with Crippen LogP contribution in [0.5, 0.6) is 0 Å². The zero-order valence-electron chi connectivity index (χ0n) is 20.9. The van der Waals surface area contributed by atoms with Gasteiger partial charge in [-0.15, -0.1) is 5.10 Å². The Kier molecular flexibility index (Phi) is 7.41. The van der Waals surface area contributed by atoms with Crippen LogP contribution in [-0.2, 0) is 18.9 Å². The summed E-state index contributed by atoms with van der Waals surface area (Å²) in [5, 5.41) is 8.29. The Morgan fingerprint density at radius 3 is 2.14 bits per heavy atom. The molecular formula is C27H16ClF6N7O. The van der Waals surface area contributed by atoms with Crippen molar-refractivity contribution in [1.29, 1.82) is 0 Å². The number of halogens is 7. The average Bonchev–Trinajstić information content (AvgIpc) is 3.35. The molecule has 8 nitrogen and oxygen atoms in total. The van der Waals surface area contributed by atoms with E-state index in [2.05, 4.69) is 25.3 Å². The first-order valence-corrected chi connectivity index (χ1v) is 12.2. The Labute approximate surface area is 237 Å². The average molecular weight is 604 g/mol. The summed E-state index contributed by atoms with van der Waals surface area (Å²) < 4.78 is 82.0. The van der Waals surface area contributed by atoms with Gasteiger partial charge in [0, 0.05) is 35.3 Å². The molecule has 0 aliphatic heterocycles. The minimum Gasteiger partial charge on any atom is -0.397 e. The van der Waals surface area contributed by atoms with E-state index in [1.165, 1.54) is 43.2 Å². The van der Waals surface area contributed by atoms with E-state index < -0.39 is 35.8 Å². The van der Waals surface area contributed by atoms with Crippen molar-refractivity contribution < 1.29 is 31.1 Å². The standard InChI is InChI=1S/C27H16ClF6N7O/c28-20-4-2-1-3-18(20)25(42)22-19(10-36-11-21(22)35)23-24(15-8-37-13-38-9-15)41(40-39-23)12-14-5-16(26(29,30)31)7-17(6-14)27(32,33)34/h1-11,13H,12,35H2. The lowest BCUT2D eigenvalue weighted by molar-refractivity contribution is -0.143. The van der Waals surface area contributed by atoms with E-state index >= 15 is 0 Å². The molecule has 0 aliphatic rings. The van der Waals surface area contributed by atoms with Gasteiger partial charge in [-0.3, -0.25) is 9.78 Å². The number of rotatable bonds is 6. The van der Waals surface area contributed by atoms with Gasteiger partial charge in [0.15, 0.2) is 5.78 Å². The fourth-order valence-corrected chi connectivity index (χ4v) is 4.51.